The molecule has 0 bridgehead atoms. The lowest BCUT2D eigenvalue weighted by Crippen LogP contribution is -2.49. The van der Waals surface area contributed by atoms with Crippen molar-refractivity contribution in [2.24, 2.45) is 0 Å². The van der Waals surface area contributed by atoms with Crippen LogP contribution < -0.4 is 5.32 Å². The van der Waals surface area contributed by atoms with Crippen LogP contribution in [0.15, 0.2) is 17.5 Å². The van der Waals surface area contributed by atoms with Crippen LogP contribution in [0.1, 0.15) is 25.1 Å². The molecule has 78 valence electrons. The zero-order valence-electron chi connectivity index (χ0n) is 8.75. The third-order valence-electron chi connectivity index (χ3n) is 2.61. The minimum atomic E-state index is 0.252. The number of rotatable bonds is 2. The van der Waals surface area contributed by atoms with Crippen LogP contribution in [0.4, 0.5) is 0 Å². The molecule has 1 aromatic heterocycles. The average molecular weight is 227 g/mol. The van der Waals surface area contributed by atoms with Gasteiger partial charge in [0, 0.05) is 17.3 Å². The topological polar surface area (TPSA) is 12.0 Å². The van der Waals surface area contributed by atoms with Gasteiger partial charge in [-0.1, -0.05) is 6.07 Å². The average Bonchev–Trinajstić information content (AvgIpc) is 2.55. The molecule has 1 aromatic rings. The van der Waals surface area contributed by atoms with Gasteiger partial charge in [-0.05, 0) is 37.5 Å². The van der Waals surface area contributed by atoms with E-state index >= 15 is 0 Å². The van der Waals surface area contributed by atoms with Crippen LogP contribution in [0.2, 0.25) is 0 Å². The van der Waals surface area contributed by atoms with E-state index in [4.69, 9.17) is 0 Å². The van der Waals surface area contributed by atoms with Gasteiger partial charge in [-0.25, -0.2) is 0 Å². The van der Waals surface area contributed by atoms with E-state index in [9.17, 15) is 0 Å². The highest BCUT2D eigenvalue weighted by molar-refractivity contribution is 8.00. The Bertz CT molecular complexity index is 283. The van der Waals surface area contributed by atoms with Crippen molar-refractivity contribution in [1.29, 1.82) is 0 Å². The zero-order valence-corrected chi connectivity index (χ0v) is 10.4. The lowest BCUT2D eigenvalue weighted by molar-refractivity contribution is 0.409. The molecule has 0 aromatic carbocycles. The summed E-state index contributed by atoms with van der Waals surface area (Å²) in [6, 6.07) is 5.04. The van der Waals surface area contributed by atoms with Gasteiger partial charge < -0.3 is 5.32 Å². The smallest absolute Gasteiger partial charge is 0.0667 e. The van der Waals surface area contributed by atoms with Crippen LogP contribution in [0.25, 0.3) is 0 Å². The van der Waals surface area contributed by atoms with Crippen LogP contribution in [-0.2, 0) is 6.42 Å². The molecule has 1 saturated heterocycles. The minimum Gasteiger partial charge on any atom is -0.300 e. The molecule has 1 N–H and O–H groups in total. The normalized spacial score (nSPS) is 33.1. The van der Waals surface area contributed by atoms with Crippen molar-refractivity contribution in [2.75, 3.05) is 5.75 Å². The molecule has 1 aliphatic rings. The van der Waals surface area contributed by atoms with Gasteiger partial charge in [0.2, 0.25) is 0 Å². The first-order chi connectivity index (χ1) is 6.68. The molecule has 3 heteroatoms. The fourth-order valence-electron chi connectivity index (χ4n) is 1.94. The molecule has 2 unspecified atom stereocenters. The Balaban J connectivity index is 2.01. The van der Waals surface area contributed by atoms with E-state index in [0.29, 0.717) is 6.04 Å². The summed E-state index contributed by atoms with van der Waals surface area (Å²) in [5.41, 5.74) is 0. The van der Waals surface area contributed by atoms with Crippen LogP contribution >= 0.6 is 23.1 Å². The Hall–Kier alpha value is 0.01000. The molecule has 0 radical (unpaired) electrons. The Kier molecular flexibility index (Phi) is 3.20. The highest BCUT2D eigenvalue weighted by atomic mass is 32.2. The van der Waals surface area contributed by atoms with Crippen LogP contribution in [0.5, 0.6) is 0 Å². The quantitative estimate of drug-likeness (QED) is 0.833. The van der Waals surface area contributed by atoms with E-state index in [2.05, 4.69) is 48.4 Å². The van der Waals surface area contributed by atoms with E-state index in [1.807, 2.05) is 11.3 Å². The number of thiophene rings is 1. The third-order valence-corrected chi connectivity index (χ3v) is 4.83. The maximum atomic E-state index is 3.70. The minimum absolute atomic E-state index is 0.252. The van der Waals surface area contributed by atoms with E-state index in [1.54, 1.807) is 0 Å². The van der Waals surface area contributed by atoms with Crippen molar-refractivity contribution in [2.45, 2.75) is 37.6 Å². The first kappa shape index (κ1) is 10.5. The Morgan fingerprint density at radius 3 is 3.14 bits per heavy atom. The Morgan fingerprint density at radius 1 is 1.64 bits per heavy atom. The maximum absolute atomic E-state index is 3.70. The summed E-state index contributed by atoms with van der Waals surface area (Å²) in [5, 5.41) is 5.86. The summed E-state index contributed by atoms with van der Waals surface area (Å²) in [6.45, 7) is 4.61. The molecule has 2 rings (SSSR count). The summed E-state index contributed by atoms with van der Waals surface area (Å²) >= 11 is 3.93. The molecule has 1 nitrogen and oxygen atoms in total. The molecule has 2 heterocycles. The number of hydrogen-bond acceptors (Lipinski definition) is 3. The second-order valence-corrected chi connectivity index (χ2v) is 6.80. The highest BCUT2D eigenvalue weighted by Gasteiger charge is 2.30. The SMILES string of the molecule is CC1CCSC(C)(Cc2cccs2)N1. The third kappa shape index (κ3) is 2.53. The number of nitrogens with one attached hydrogen (secondary N) is 1. The van der Waals surface area contributed by atoms with Crippen molar-refractivity contribution in [1.82, 2.24) is 5.32 Å². The Morgan fingerprint density at radius 2 is 2.50 bits per heavy atom. The molecule has 0 amide bonds. The molecular formula is C11H17NS2. The van der Waals surface area contributed by atoms with Crippen LogP contribution in [0, 0.1) is 0 Å². The maximum Gasteiger partial charge on any atom is 0.0667 e. The van der Waals surface area contributed by atoms with E-state index in [-0.39, 0.29) is 4.87 Å². The lowest BCUT2D eigenvalue weighted by atomic mass is 10.1. The van der Waals surface area contributed by atoms with Gasteiger partial charge in [-0.3, -0.25) is 0 Å². The van der Waals surface area contributed by atoms with Gasteiger partial charge in [0.05, 0.1) is 4.87 Å². The predicted octanol–water partition coefficient (Wildman–Crippen LogP) is 3.12. The summed E-state index contributed by atoms with van der Waals surface area (Å²) in [6.07, 6.45) is 2.45. The van der Waals surface area contributed by atoms with Crippen molar-refractivity contribution < 1.29 is 0 Å². The largest absolute Gasteiger partial charge is 0.300 e. The summed E-state index contributed by atoms with van der Waals surface area (Å²) in [4.78, 5) is 1.74. The standard InChI is InChI=1S/C11H17NS2/c1-9-5-7-14-11(2,12-9)8-10-4-3-6-13-10/h3-4,6,9,12H,5,7-8H2,1-2H3. The van der Waals surface area contributed by atoms with E-state index < -0.39 is 0 Å². The van der Waals surface area contributed by atoms with Gasteiger partial charge in [-0.15, -0.1) is 23.1 Å². The van der Waals surface area contributed by atoms with Crippen molar-refractivity contribution in [3.63, 3.8) is 0 Å². The fourth-order valence-corrected chi connectivity index (χ4v) is 4.36. The van der Waals surface area contributed by atoms with E-state index in [1.165, 1.54) is 17.1 Å². The first-order valence-electron chi connectivity index (χ1n) is 5.12. The second-order valence-electron chi connectivity index (χ2n) is 4.17. The molecule has 0 aliphatic carbocycles. The fraction of sp³-hybridized carbons (Fsp3) is 0.636. The molecule has 14 heavy (non-hydrogen) atoms. The van der Waals surface area contributed by atoms with Gasteiger partial charge >= 0.3 is 0 Å². The predicted molar refractivity (Wildman–Crippen MR) is 66.1 cm³/mol. The number of hydrogen-bond donors (Lipinski definition) is 1. The van der Waals surface area contributed by atoms with Crippen LogP contribution in [0.3, 0.4) is 0 Å². The molecule has 0 spiro atoms. The van der Waals surface area contributed by atoms with Gasteiger partial charge in [0.15, 0.2) is 0 Å². The lowest BCUT2D eigenvalue weighted by Gasteiger charge is -2.37. The van der Waals surface area contributed by atoms with Crippen molar-refractivity contribution in [3.8, 4) is 0 Å². The highest BCUT2D eigenvalue weighted by Crippen LogP contribution is 2.32. The van der Waals surface area contributed by atoms with Crippen LogP contribution in [-0.4, -0.2) is 16.7 Å². The molecule has 1 fully saturated rings. The summed E-state index contributed by atoms with van der Waals surface area (Å²) in [7, 11) is 0. The molecule has 1 aliphatic heterocycles. The van der Waals surface area contributed by atoms with Crippen molar-refractivity contribution >= 4 is 23.1 Å². The first-order valence-corrected chi connectivity index (χ1v) is 6.98. The molecular weight excluding hydrogens is 210 g/mol. The summed E-state index contributed by atoms with van der Waals surface area (Å²) in [5.74, 6) is 1.29. The number of thioether (sulfide) groups is 1. The van der Waals surface area contributed by atoms with E-state index in [0.717, 1.165) is 6.42 Å². The van der Waals surface area contributed by atoms with Gasteiger partial charge in [-0.2, -0.15) is 0 Å². The second kappa shape index (κ2) is 4.25. The molecule has 2 atom stereocenters. The molecule has 0 saturated carbocycles. The summed E-state index contributed by atoms with van der Waals surface area (Å²) < 4.78 is 0. The van der Waals surface area contributed by atoms with Gasteiger partial charge in [0.1, 0.15) is 0 Å². The van der Waals surface area contributed by atoms with Crippen molar-refractivity contribution in [3.05, 3.63) is 22.4 Å². The Labute approximate surface area is 94.3 Å². The monoisotopic (exact) mass is 227 g/mol. The van der Waals surface area contributed by atoms with Gasteiger partial charge in [0.25, 0.3) is 0 Å². The zero-order chi connectivity index (χ0) is 10.0.